The Morgan fingerprint density at radius 3 is 2.26 bits per heavy atom. The van der Waals surface area contributed by atoms with Crippen molar-refractivity contribution in [3.05, 3.63) is 59.1 Å². The molecule has 0 unspecified atom stereocenters. The summed E-state index contributed by atoms with van der Waals surface area (Å²) in [6, 6.07) is 11.8. The second-order valence-electron chi connectivity index (χ2n) is 6.97. The number of carbonyl (C=O) groups excluding carboxylic acids is 3. The number of rotatable bonds is 10. The highest BCUT2D eigenvalue weighted by atomic mass is 32.2. The van der Waals surface area contributed by atoms with Crippen LogP contribution >= 0.6 is 23.1 Å². The third-order valence-electron chi connectivity index (χ3n) is 4.39. The lowest BCUT2D eigenvalue weighted by Gasteiger charge is -2.09. The number of carbonyl (C=O) groups is 3. The van der Waals surface area contributed by atoms with Crippen LogP contribution in [0.25, 0.3) is 0 Å². The molecule has 0 bridgehead atoms. The van der Waals surface area contributed by atoms with Crippen molar-refractivity contribution >= 4 is 57.3 Å². The molecule has 0 fully saturated rings. The van der Waals surface area contributed by atoms with E-state index in [1.54, 1.807) is 42.5 Å². The Kier molecular flexibility index (Phi) is 8.88. The normalized spacial score (nSPS) is 10.3. The van der Waals surface area contributed by atoms with Crippen molar-refractivity contribution in [1.82, 2.24) is 4.98 Å². The van der Waals surface area contributed by atoms with Gasteiger partial charge in [-0.3, -0.25) is 19.7 Å². The fourth-order valence-corrected chi connectivity index (χ4v) is 4.39. The Labute approximate surface area is 205 Å². The van der Waals surface area contributed by atoms with Gasteiger partial charge in [0, 0.05) is 35.0 Å². The minimum atomic E-state index is -0.307. The maximum absolute atomic E-state index is 12.5. The van der Waals surface area contributed by atoms with E-state index >= 15 is 0 Å². The molecule has 0 saturated carbocycles. The Morgan fingerprint density at radius 1 is 0.941 bits per heavy atom. The van der Waals surface area contributed by atoms with E-state index in [1.165, 1.54) is 44.2 Å². The summed E-state index contributed by atoms with van der Waals surface area (Å²) in [7, 11) is 3.04. The van der Waals surface area contributed by atoms with Gasteiger partial charge >= 0.3 is 0 Å². The van der Waals surface area contributed by atoms with Crippen LogP contribution in [0.15, 0.2) is 47.8 Å². The van der Waals surface area contributed by atoms with Crippen molar-refractivity contribution in [2.45, 2.75) is 12.7 Å². The van der Waals surface area contributed by atoms with Crippen LogP contribution in [0, 0.1) is 0 Å². The standard InChI is InChI=1S/C23H24N4O5S2/c1-14(28)24-16-5-7-17(8-6-16)25-21(29)13-33-11-18-12-34-23(26-18)27-22(30)15-4-9-19(31-2)20(10-15)32-3/h4-10,12H,11,13H2,1-3H3,(H,24,28)(H,25,29)(H,26,27,30). The molecule has 1 heterocycles. The van der Waals surface area contributed by atoms with Gasteiger partial charge in [-0.1, -0.05) is 0 Å². The second kappa shape index (κ2) is 12.1. The first-order valence-corrected chi connectivity index (χ1v) is 12.1. The van der Waals surface area contributed by atoms with Crippen LogP contribution in [0.1, 0.15) is 23.0 Å². The van der Waals surface area contributed by atoms with Gasteiger partial charge in [0.15, 0.2) is 16.6 Å². The van der Waals surface area contributed by atoms with Gasteiger partial charge in [0.25, 0.3) is 5.91 Å². The predicted molar refractivity (Wildman–Crippen MR) is 135 cm³/mol. The molecule has 178 valence electrons. The highest BCUT2D eigenvalue weighted by Crippen LogP contribution is 2.28. The number of methoxy groups -OCH3 is 2. The van der Waals surface area contributed by atoms with E-state index in [2.05, 4.69) is 20.9 Å². The molecule has 3 rings (SSSR count). The van der Waals surface area contributed by atoms with E-state index in [4.69, 9.17) is 9.47 Å². The number of ether oxygens (including phenoxy) is 2. The van der Waals surface area contributed by atoms with Gasteiger partial charge < -0.3 is 20.1 Å². The topological polar surface area (TPSA) is 119 Å². The molecule has 0 aliphatic heterocycles. The summed E-state index contributed by atoms with van der Waals surface area (Å²) in [5.41, 5.74) is 2.50. The van der Waals surface area contributed by atoms with Crippen molar-refractivity contribution in [2.24, 2.45) is 0 Å². The maximum atomic E-state index is 12.5. The number of nitrogens with one attached hydrogen (secondary N) is 3. The Hall–Kier alpha value is -3.57. The maximum Gasteiger partial charge on any atom is 0.257 e. The fourth-order valence-electron chi connectivity index (χ4n) is 2.86. The minimum absolute atomic E-state index is 0.144. The summed E-state index contributed by atoms with van der Waals surface area (Å²) < 4.78 is 10.4. The number of benzene rings is 2. The van der Waals surface area contributed by atoms with E-state index in [-0.39, 0.29) is 23.5 Å². The fraction of sp³-hybridized carbons (Fsp3) is 0.217. The summed E-state index contributed by atoms with van der Waals surface area (Å²) in [5.74, 6) is 1.18. The highest BCUT2D eigenvalue weighted by molar-refractivity contribution is 7.99. The van der Waals surface area contributed by atoms with Crippen molar-refractivity contribution in [3.63, 3.8) is 0 Å². The minimum Gasteiger partial charge on any atom is -0.493 e. The van der Waals surface area contributed by atoms with E-state index < -0.39 is 0 Å². The van der Waals surface area contributed by atoms with Gasteiger partial charge in [0.1, 0.15) is 0 Å². The number of hydrogen-bond donors (Lipinski definition) is 3. The van der Waals surface area contributed by atoms with E-state index in [0.29, 0.717) is 39.3 Å². The number of aromatic nitrogens is 1. The number of nitrogens with zero attached hydrogens (tertiary/aromatic N) is 1. The average Bonchev–Trinajstić information content (AvgIpc) is 3.26. The summed E-state index contributed by atoms with van der Waals surface area (Å²) in [5, 5.41) is 10.6. The molecule has 9 nitrogen and oxygen atoms in total. The Balaban J connectivity index is 1.45. The molecule has 3 amide bonds. The lowest BCUT2D eigenvalue weighted by molar-refractivity contribution is -0.114. The predicted octanol–water partition coefficient (Wildman–Crippen LogP) is 4.24. The molecule has 0 radical (unpaired) electrons. The van der Waals surface area contributed by atoms with Crippen molar-refractivity contribution in [2.75, 3.05) is 35.9 Å². The van der Waals surface area contributed by atoms with Gasteiger partial charge in [-0.25, -0.2) is 4.98 Å². The Morgan fingerprint density at radius 2 is 1.62 bits per heavy atom. The monoisotopic (exact) mass is 500 g/mol. The highest BCUT2D eigenvalue weighted by Gasteiger charge is 2.13. The van der Waals surface area contributed by atoms with E-state index in [0.717, 1.165) is 5.69 Å². The smallest absolute Gasteiger partial charge is 0.257 e. The van der Waals surface area contributed by atoms with Crippen LogP contribution in [-0.4, -0.2) is 42.7 Å². The largest absolute Gasteiger partial charge is 0.493 e. The quantitative estimate of drug-likeness (QED) is 0.381. The number of thioether (sulfide) groups is 1. The zero-order valence-corrected chi connectivity index (χ0v) is 20.5. The molecule has 2 aromatic carbocycles. The van der Waals surface area contributed by atoms with Crippen molar-refractivity contribution in [3.8, 4) is 11.5 Å². The molecule has 3 N–H and O–H groups in total. The number of hydrogen-bond acceptors (Lipinski definition) is 8. The first kappa shape index (κ1) is 25.1. The lowest BCUT2D eigenvalue weighted by atomic mass is 10.2. The third kappa shape index (κ3) is 7.22. The first-order valence-electron chi connectivity index (χ1n) is 10.1. The molecule has 11 heteroatoms. The van der Waals surface area contributed by atoms with E-state index in [1.807, 2.05) is 5.38 Å². The van der Waals surface area contributed by atoms with Gasteiger partial charge in [0.2, 0.25) is 11.8 Å². The van der Waals surface area contributed by atoms with Gasteiger partial charge in [-0.15, -0.1) is 23.1 Å². The zero-order chi connectivity index (χ0) is 24.5. The molecule has 0 spiro atoms. The lowest BCUT2D eigenvalue weighted by Crippen LogP contribution is -2.14. The molecule has 3 aromatic rings. The van der Waals surface area contributed by atoms with Gasteiger partial charge in [0.05, 0.1) is 25.7 Å². The van der Waals surface area contributed by atoms with Crippen LogP contribution in [0.3, 0.4) is 0 Å². The number of anilines is 3. The van der Waals surface area contributed by atoms with Crippen LogP contribution < -0.4 is 25.4 Å². The van der Waals surface area contributed by atoms with Crippen molar-refractivity contribution in [1.29, 1.82) is 0 Å². The summed E-state index contributed by atoms with van der Waals surface area (Å²) in [6.45, 7) is 1.43. The summed E-state index contributed by atoms with van der Waals surface area (Å²) >= 11 is 2.73. The van der Waals surface area contributed by atoms with E-state index in [9.17, 15) is 14.4 Å². The number of thiazole rings is 1. The molecule has 34 heavy (non-hydrogen) atoms. The molecule has 1 aromatic heterocycles. The van der Waals surface area contributed by atoms with Crippen LogP contribution in [0.4, 0.5) is 16.5 Å². The zero-order valence-electron chi connectivity index (χ0n) is 18.8. The average molecular weight is 501 g/mol. The third-order valence-corrected chi connectivity index (χ3v) is 6.16. The van der Waals surface area contributed by atoms with Gasteiger partial charge in [-0.2, -0.15) is 0 Å². The first-order chi connectivity index (χ1) is 16.4. The molecule has 0 aliphatic carbocycles. The molecular weight excluding hydrogens is 476 g/mol. The molecular formula is C23H24N4O5S2. The Bertz CT molecular complexity index is 1160. The van der Waals surface area contributed by atoms with Crippen molar-refractivity contribution < 1.29 is 23.9 Å². The van der Waals surface area contributed by atoms with Gasteiger partial charge in [-0.05, 0) is 42.5 Å². The summed E-state index contributed by atoms with van der Waals surface area (Å²) in [6.07, 6.45) is 0. The SMILES string of the molecule is COc1ccc(C(=O)Nc2nc(CSCC(=O)Nc3ccc(NC(C)=O)cc3)cs2)cc1OC. The van der Waals surface area contributed by atoms with Crippen LogP contribution in [0.2, 0.25) is 0 Å². The molecule has 0 atom stereocenters. The molecule has 0 aliphatic rings. The second-order valence-corrected chi connectivity index (χ2v) is 8.81. The number of amides is 3. The molecule has 0 saturated heterocycles. The van der Waals surface area contributed by atoms with Crippen LogP contribution in [0.5, 0.6) is 11.5 Å². The summed E-state index contributed by atoms with van der Waals surface area (Å²) in [4.78, 5) is 40.2. The van der Waals surface area contributed by atoms with Crippen LogP contribution in [-0.2, 0) is 15.3 Å².